The van der Waals surface area contributed by atoms with Crippen molar-refractivity contribution in [3.63, 3.8) is 0 Å². The molecule has 0 bridgehead atoms. The predicted octanol–water partition coefficient (Wildman–Crippen LogP) is 7.53. The van der Waals surface area contributed by atoms with Crippen molar-refractivity contribution >= 4 is 23.2 Å². The summed E-state index contributed by atoms with van der Waals surface area (Å²) in [7, 11) is 0. The Labute approximate surface area is 222 Å². The normalized spacial score (nSPS) is 11.2. The molecule has 1 amide bonds. The summed E-state index contributed by atoms with van der Waals surface area (Å²) in [5.74, 6) is -0.230. The van der Waals surface area contributed by atoms with Crippen molar-refractivity contribution in [3.05, 3.63) is 120 Å². The van der Waals surface area contributed by atoms with Crippen molar-refractivity contribution in [3.8, 4) is 22.4 Å². The maximum absolute atomic E-state index is 13.9. The van der Waals surface area contributed by atoms with Crippen molar-refractivity contribution in [2.24, 2.45) is 0 Å². The van der Waals surface area contributed by atoms with Crippen LogP contribution in [0, 0.1) is 6.92 Å². The molecule has 39 heavy (non-hydrogen) atoms. The standard InChI is InChI=1S/C30H22F3N5O/c1-19-9-10-21(16-27(19)38-29-35-15-13-26(37-29)22-8-5-14-34-18-22)28(39)36-23-11-12-24(20-6-3-2-4-7-20)25(17-23)30(31,32)33/h2-18H,1H3,(H,36,39)(H,35,37,38). The van der Waals surface area contributed by atoms with Crippen LogP contribution in [0.3, 0.4) is 0 Å². The van der Waals surface area contributed by atoms with E-state index in [0.717, 1.165) is 17.2 Å². The summed E-state index contributed by atoms with van der Waals surface area (Å²) >= 11 is 0. The van der Waals surface area contributed by atoms with Gasteiger partial charge in [-0.25, -0.2) is 9.97 Å². The van der Waals surface area contributed by atoms with Crippen LogP contribution in [0.4, 0.5) is 30.5 Å². The van der Waals surface area contributed by atoms with Crippen molar-refractivity contribution in [2.75, 3.05) is 10.6 Å². The lowest BCUT2D eigenvalue weighted by molar-refractivity contribution is -0.137. The number of nitrogens with zero attached hydrogens (tertiary/aromatic N) is 3. The number of pyridine rings is 1. The third kappa shape index (κ3) is 5.93. The Morgan fingerprint density at radius 1 is 0.846 bits per heavy atom. The number of amides is 1. The number of hydrogen-bond acceptors (Lipinski definition) is 5. The van der Waals surface area contributed by atoms with Gasteiger partial charge in [0, 0.05) is 41.1 Å². The molecule has 2 heterocycles. The Balaban J connectivity index is 1.38. The molecule has 0 spiro atoms. The molecule has 0 aliphatic carbocycles. The molecule has 194 valence electrons. The molecule has 0 saturated heterocycles. The van der Waals surface area contributed by atoms with E-state index in [4.69, 9.17) is 0 Å². The van der Waals surface area contributed by atoms with Crippen LogP contribution in [0.2, 0.25) is 0 Å². The summed E-state index contributed by atoms with van der Waals surface area (Å²) < 4.78 is 41.6. The average molecular weight is 526 g/mol. The smallest absolute Gasteiger partial charge is 0.324 e. The van der Waals surface area contributed by atoms with Crippen LogP contribution in [-0.4, -0.2) is 20.9 Å². The summed E-state index contributed by atoms with van der Waals surface area (Å²) in [5.41, 5.74) is 2.85. The van der Waals surface area contributed by atoms with E-state index in [9.17, 15) is 18.0 Å². The Kier molecular flexibility index (Phi) is 7.05. The highest BCUT2D eigenvalue weighted by molar-refractivity contribution is 6.05. The van der Waals surface area contributed by atoms with E-state index in [0.29, 0.717) is 22.9 Å². The van der Waals surface area contributed by atoms with Gasteiger partial charge in [-0.15, -0.1) is 0 Å². The fraction of sp³-hybridized carbons (Fsp3) is 0.0667. The van der Waals surface area contributed by atoms with E-state index in [1.54, 1.807) is 73.2 Å². The van der Waals surface area contributed by atoms with Gasteiger partial charge in [-0.05, 0) is 66.1 Å². The second-order valence-electron chi connectivity index (χ2n) is 8.74. The zero-order valence-corrected chi connectivity index (χ0v) is 20.7. The van der Waals surface area contributed by atoms with Gasteiger partial charge >= 0.3 is 6.18 Å². The molecule has 3 aromatic carbocycles. The molecule has 0 atom stereocenters. The second kappa shape index (κ2) is 10.7. The molecule has 0 aliphatic rings. The van der Waals surface area contributed by atoms with Gasteiger partial charge in [-0.3, -0.25) is 9.78 Å². The van der Waals surface area contributed by atoms with Crippen LogP contribution in [0.5, 0.6) is 0 Å². The molecule has 0 fully saturated rings. The van der Waals surface area contributed by atoms with Gasteiger partial charge in [-0.1, -0.05) is 42.5 Å². The van der Waals surface area contributed by atoms with Crippen LogP contribution in [-0.2, 0) is 6.18 Å². The van der Waals surface area contributed by atoms with Crippen LogP contribution in [0.25, 0.3) is 22.4 Å². The summed E-state index contributed by atoms with van der Waals surface area (Å²) in [5, 5.41) is 5.71. The molecule has 2 N–H and O–H groups in total. The molecule has 0 unspecified atom stereocenters. The maximum atomic E-state index is 13.9. The second-order valence-corrected chi connectivity index (χ2v) is 8.74. The van der Waals surface area contributed by atoms with Crippen molar-refractivity contribution in [2.45, 2.75) is 13.1 Å². The van der Waals surface area contributed by atoms with Crippen LogP contribution >= 0.6 is 0 Å². The number of halogens is 3. The molecule has 5 aromatic rings. The van der Waals surface area contributed by atoms with Crippen LogP contribution in [0.1, 0.15) is 21.5 Å². The maximum Gasteiger partial charge on any atom is 0.417 e. The number of nitrogens with one attached hydrogen (secondary N) is 2. The highest BCUT2D eigenvalue weighted by Crippen LogP contribution is 2.38. The van der Waals surface area contributed by atoms with Gasteiger partial charge in [0.15, 0.2) is 0 Å². The van der Waals surface area contributed by atoms with Crippen molar-refractivity contribution in [1.29, 1.82) is 0 Å². The number of aromatic nitrogens is 3. The van der Waals surface area contributed by atoms with Gasteiger partial charge in [0.25, 0.3) is 5.91 Å². The van der Waals surface area contributed by atoms with E-state index >= 15 is 0 Å². The summed E-state index contributed by atoms with van der Waals surface area (Å²) in [4.78, 5) is 25.9. The zero-order valence-electron chi connectivity index (χ0n) is 20.7. The van der Waals surface area contributed by atoms with E-state index in [2.05, 4.69) is 25.6 Å². The van der Waals surface area contributed by atoms with Gasteiger partial charge in [0.05, 0.1) is 11.3 Å². The lowest BCUT2D eigenvalue weighted by atomic mass is 9.98. The first-order chi connectivity index (χ1) is 18.8. The van der Waals surface area contributed by atoms with Gasteiger partial charge in [0.1, 0.15) is 0 Å². The lowest BCUT2D eigenvalue weighted by Gasteiger charge is -2.16. The first kappa shape index (κ1) is 25.6. The highest BCUT2D eigenvalue weighted by Gasteiger charge is 2.34. The Hall–Kier alpha value is -5.05. The lowest BCUT2D eigenvalue weighted by Crippen LogP contribution is -2.14. The van der Waals surface area contributed by atoms with Gasteiger partial charge < -0.3 is 10.6 Å². The number of carbonyl (C=O) groups is 1. The van der Waals surface area contributed by atoms with Crippen molar-refractivity contribution in [1.82, 2.24) is 15.0 Å². The Bertz CT molecular complexity index is 1620. The van der Waals surface area contributed by atoms with E-state index in [-0.39, 0.29) is 16.8 Å². The third-order valence-corrected chi connectivity index (χ3v) is 6.03. The average Bonchev–Trinajstić information content (AvgIpc) is 2.95. The Morgan fingerprint density at radius 3 is 2.38 bits per heavy atom. The molecule has 0 aliphatic heterocycles. The first-order valence-corrected chi connectivity index (χ1v) is 12.0. The molecular formula is C30H22F3N5O. The largest absolute Gasteiger partial charge is 0.417 e. The number of benzene rings is 3. The molecule has 5 rings (SSSR count). The monoisotopic (exact) mass is 525 g/mol. The van der Waals surface area contributed by atoms with E-state index in [1.165, 1.54) is 12.1 Å². The molecular weight excluding hydrogens is 503 g/mol. The summed E-state index contributed by atoms with van der Waals surface area (Å²) in [6.45, 7) is 1.85. The number of aryl methyl sites for hydroxylation is 1. The topological polar surface area (TPSA) is 79.8 Å². The minimum atomic E-state index is -4.60. The minimum absolute atomic E-state index is 0.0367. The summed E-state index contributed by atoms with van der Waals surface area (Å²) in [6.07, 6.45) is 0.377. The predicted molar refractivity (Wildman–Crippen MR) is 145 cm³/mol. The molecule has 2 aromatic heterocycles. The van der Waals surface area contributed by atoms with Gasteiger partial charge in [-0.2, -0.15) is 13.2 Å². The van der Waals surface area contributed by atoms with E-state index in [1.807, 2.05) is 19.1 Å². The van der Waals surface area contributed by atoms with Gasteiger partial charge in [0.2, 0.25) is 5.95 Å². The quantitative estimate of drug-likeness (QED) is 0.240. The molecule has 6 nitrogen and oxygen atoms in total. The van der Waals surface area contributed by atoms with Crippen molar-refractivity contribution < 1.29 is 18.0 Å². The first-order valence-electron chi connectivity index (χ1n) is 12.0. The number of hydrogen-bond donors (Lipinski definition) is 2. The zero-order chi connectivity index (χ0) is 27.4. The highest BCUT2D eigenvalue weighted by atomic mass is 19.4. The SMILES string of the molecule is Cc1ccc(C(=O)Nc2ccc(-c3ccccc3)c(C(F)(F)F)c2)cc1Nc1nccc(-c2cccnc2)n1. The molecule has 9 heteroatoms. The third-order valence-electron chi connectivity index (χ3n) is 6.03. The number of alkyl halides is 3. The molecule has 0 saturated carbocycles. The number of carbonyl (C=O) groups excluding carboxylic acids is 1. The summed E-state index contributed by atoms with van der Waals surface area (Å²) in [6, 6.07) is 22.5. The van der Waals surface area contributed by atoms with Crippen LogP contribution < -0.4 is 10.6 Å². The number of anilines is 3. The minimum Gasteiger partial charge on any atom is -0.324 e. The number of rotatable bonds is 6. The Morgan fingerprint density at radius 2 is 1.64 bits per heavy atom. The van der Waals surface area contributed by atoms with E-state index < -0.39 is 17.6 Å². The fourth-order valence-electron chi connectivity index (χ4n) is 4.04. The fourth-order valence-corrected chi connectivity index (χ4v) is 4.04. The van der Waals surface area contributed by atoms with Crippen LogP contribution in [0.15, 0.2) is 104 Å². The molecule has 0 radical (unpaired) electrons.